The summed E-state index contributed by atoms with van der Waals surface area (Å²) in [6.07, 6.45) is 0.520. The summed E-state index contributed by atoms with van der Waals surface area (Å²) in [4.78, 5) is 69.2. The summed E-state index contributed by atoms with van der Waals surface area (Å²) >= 11 is 0. The van der Waals surface area contributed by atoms with E-state index in [1.54, 1.807) is 116 Å². The molecule has 0 aliphatic carbocycles. The van der Waals surface area contributed by atoms with Crippen molar-refractivity contribution in [3.8, 4) is 0 Å². The quantitative estimate of drug-likeness (QED) is 0.0542. The van der Waals surface area contributed by atoms with Gasteiger partial charge in [-0.05, 0) is 94.9 Å². The molecule has 5 rings (SSSR count). The van der Waals surface area contributed by atoms with Crippen molar-refractivity contribution in [2.45, 2.75) is 63.2 Å². The van der Waals surface area contributed by atoms with E-state index in [4.69, 9.17) is 34.4 Å². The number of hydrogen-bond acceptors (Lipinski definition) is 10. The number of carbonyl (C=O) groups excluding carboxylic acids is 5. The predicted octanol–water partition coefficient (Wildman–Crippen LogP) is 2.17. The Balaban J connectivity index is 1.42. The number of benzene rings is 5. The second-order valence-electron chi connectivity index (χ2n) is 15.3. The lowest BCUT2D eigenvalue weighted by Gasteiger charge is -2.27. The highest BCUT2D eigenvalue weighted by Gasteiger charge is 2.32. The van der Waals surface area contributed by atoms with Gasteiger partial charge in [-0.15, -0.1) is 0 Å². The number of nitrogens with two attached hydrogens (primary N) is 6. The van der Waals surface area contributed by atoms with E-state index in [9.17, 15) is 24.0 Å². The highest BCUT2D eigenvalue weighted by Crippen LogP contribution is 2.16. The Morgan fingerprint density at radius 3 is 0.836 bits per heavy atom. The van der Waals surface area contributed by atoms with Crippen LogP contribution in [-0.4, -0.2) is 53.7 Å². The molecule has 0 heterocycles. The zero-order chi connectivity index (χ0) is 44.1. The topological polar surface area (TPSA) is 290 Å². The van der Waals surface area contributed by atoms with Crippen molar-refractivity contribution in [2.24, 2.45) is 11.7 Å². The smallest absolute Gasteiger partial charge is 0.243 e. The number of rotatable bonds is 19. The first-order valence-electron chi connectivity index (χ1n) is 19.8. The molecule has 0 fully saturated rings. The molecule has 0 bridgehead atoms. The normalized spacial score (nSPS) is 13.4. The molecule has 5 amide bonds. The summed E-state index contributed by atoms with van der Waals surface area (Å²) in [5.41, 5.74) is 41.5. The minimum absolute atomic E-state index is 0.00451. The third-order valence-corrected chi connectivity index (χ3v) is 10.2. The Morgan fingerprint density at radius 1 is 0.361 bits per heavy atom. The van der Waals surface area contributed by atoms with Crippen LogP contribution in [0.4, 0.5) is 28.4 Å². The number of amides is 5. The summed E-state index contributed by atoms with van der Waals surface area (Å²) < 4.78 is 0. The van der Waals surface area contributed by atoms with Crippen LogP contribution < -0.4 is 55.7 Å². The first kappa shape index (κ1) is 44.6. The average Bonchev–Trinajstić information content (AvgIpc) is 3.23. The third kappa shape index (κ3) is 13.8. The van der Waals surface area contributed by atoms with Crippen molar-refractivity contribution in [3.63, 3.8) is 0 Å². The molecule has 61 heavy (non-hydrogen) atoms. The lowest BCUT2D eigenvalue weighted by molar-refractivity contribution is -0.134. The molecule has 0 saturated carbocycles. The van der Waals surface area contributed by atoms with Gasteiger partial charge in [0, 0.05) is 60.0 Å². The standard InChI is InChI=1S/C46H54N10O5/c1-27(22-28-2-12-33(47)13-3-28)43(58)54-39(24-30-6-16-35(49)17-7-30)45(60)56-41(26-32-10-20-37(51)21-11-32)46(61)55-40(25-31-8-18-36(50)19-9-31)44(59)53-38(42(52)57)23-29-4-14-34(48)15-5-29/h2-21,27,38-41H,22-26,47-51H2,1H3,(H2,52,57)(H,53,59)(H,54,58)(H,55,61)(H,56,60). The fraction of sp³-hybridized carbons (Fsp3) is 0.239. The minimum Gasteiger partial charge on any atom is -0.399 e. The van der Waals surface area contributed by atoms with Crippen molar-refractivity contribution < 1.29 is 24.0 Å². The molecule has 15 nitrogen and oxygen atoms in total. The van der Waals surface area contributed by atoms with Crippen molar-refractivity contribution in [3.05, 3.63) is 149 Å². The van der Waals surface area contributed by atoms with Gasteiger partial charge < -0.3 is 55.7 Å². The molecule has 0 spiro atoms. The van der Waals surface area contributed by atoms with E-state index in [1.807, 2.05) is 12.1 Å². The number of primary amides is 1. The van der Waals surface area contributed by atoms with E-state index in [0.717, 1.165) is 5.56 Å². The van der Waals surface area contributed by atoms with E-state index in [0.29, 0.717) is 57.1 Å². The average molecular weight is 827 g/mol. The summed E-state index contributed by atoms with van der Waals surface area (Å²) in [7, 11) is 0. The lowest BCUT2D eigenvalue weighted by Crippen LogP contribution is -2.59. The zero-order valence-corrected chi connectivity index (χ0v) is 34.0. The monoisotopic (exact) mass is 826 g/mol. The molecule has 5 unspecified atom stereocenters. The molecule has 5 aromatic carbocycles. The highest BCUT2D eigenvalue weighted by molar-refractivity contribution is 5.96. The molecule has 0 aromatic heterocycles. The largest absolute Gasteiger partial charge is 0.399 e. The first-order valence-corrected chi connectivity index (χ1v) is 19.8. The maximum atomic E-state index is 14.5. The molecular weight excluding hydrogens is 773 g/mol. The Kier molecular flexibility index (Phi) is 15.3. The van der Waals surface area contributed by atoms with Gasteiger partial charge in [0.05, 0.1) is 0 Å². The number of hydrogen-bond donors (Lipinski definition) is 10. The van der Waals surface area contributed by atoms with Gasteiger partial charge in [-0.1, -0.05) is 67.6 Å². The van der Waals surface area contributed by atoms with Crippen molar-refractivity contribution >= 4 is 58.0 Å². The van der Waals surface area contributed by atoms with Crippen LogP contribution in [0.1, 0.15) is 34.7 Å². The summed E-state index contributed by atoms with van der Waals surface area (Å²) in [6.45, 7) is 1.76. The lowest BCUT2D eigenvalue weighted by atomic mass is 9.98. The molecule has 0 saturated heterocycles. The molecule has 0 aliphatic heterocycles. The molecule has 0 aliphatic rings. The molecule has 5 atom stereocenters. The maximum Gasteiger partial charge on any atom is 0.243 e. The van der Waals surface area contributed by atoms with Crippen LogP contribution in [0.15, 0.2) is 121 Å². The maximum absolute atomic E-state index is 14.5. The third-order valence-electron chi connectivity index (χ3n) is 10.2. The second-order valence-corrected chi connectivity index (χ2v) is 15.3. The Bertz CT molecular complexity index is 2270. The van der Waals surface area contributed by atoms with Crippen LogP contribution in [-0.2, 0) is 56.1 Å². The van der Waals surface area contributed by atoms with Gasteiger partial charge in [-0.25, -0.2) is 0 Å². The first-order chi connectivity index (χ1) is 29.1. The number of carbonyl (C=O) groups is 5. The van der Waals surface area contributed by atoms with E-state index in [2.05, 4.69) is 21.3 Å². The number of nitrogens with one attached hydrogen (secondary N) is 4. The van der Waals surface area contributed by atoms with Gasteiger partial charge in [0.2, 0.25) is 29.5 Å². The van der Waals surface area contributed by atoms with Crippen LogP contribution in [0.3, 0.4) is 0 Å². The molecular formula is C46H54N10O5. The Morgan fingerprint density at radius 2 is 0.574 bits per heavy atom. The van der Waals surface area contributed by atoms with Gasteiger partial charge in [0.25, 0.3) is 0 Å². The SMILES string of the molecule is CC(Cc1ccc(N)cc1)C(=O)NC(Cc1ccc(N)cc1)C(=O)NC(Cc1ccc(N)cc1)C(=O)NC(Cc1ccc(N)cc1)C(=O)NC(Cc1ccc(N)cc1)C(N)=O. The van der Waals surface area contributed by atoms with Gasteiger partial charge in [-0.3, -0.25) is 24.0 Å². The van der Waals surface area contributed by atoms with E-state index >= 15 is 0 Å². The van der Waals surface area contributed by atoms with Crippen LogP contribution in [0.5, 0.6) is 0 Å². The van der Waals surface area contributed by atoms with E-state index < -0.39 is 53.7 Å². The van der Waals surface area contributed by atoms with Gasteiger partial charge in [0.1, 0.15) is 24.2 Å². The molecule has 0 radical (unpaired) electrons. The van der Waals surface area contributed by atoms with Crippen molar-refractivity contribution in [1.82, 2.24) is 21.3 Å². The van der Waals surface area contributed by atoms with Gasteiger partial charge in [0.15, 0.2) is 0 Å². The minimum atomic E-state index is -1.25. The van der Waals surface area contributed by atoms with Crippen LogP contribution in [0, 0.1) is 5.92 Å². The van der Waals surface area contributed by atoms with Crippen molar-refractivity contribution in [1.29, 1.82) is 0 Å². The van der Waals surface area contributed by atoms with Crippen molar-refractivity contribution in [2.75, 3.05) is 28.7 Å². The zero-order valence-electron chi connectivity index (χ0n) is 34.0. The number of nitrogen functional groups attached to an aromatic ring is 5. The molecule has 318 valence electrons. The molecule has 15 heteroatoms. The van der Waals surface area contributed by atoms with Crippen LogP contribution in [0.2, 0.25) is 0 Å². The summed E-state index contributed by atoms with van der Waals surface area (Å²) in [6, 6.07) is 29.7. The highest BCUT2D eigenvalue weighted by atomic mass is 16.2. The summed E-state index contributed by atoms with van der Waals surface area (Å²) in [5, 5.41) is 11.3. The van der Waals surface area contributed by atoms with Gasteiger partial charge >= 0.3 is 0 Å². The molecule has 16 N–H and O–H groups in total. The summed E-state index contributed by atoms with van der Waals surface area (Å²) in [5.74, 6) is -3.73. The fourth-order valence-corrected chi connectivity index (χ4v) is 6.64. The molecule has 5 aromatic rings. The van der Waals surface area contributed by atoms with E-state index in [-0.39, 0.29) is 31.6 Å². The second kappa shape index (κ2) is 20.9. The Labute approximate surface area is 355 Å². The fourth-order valence-electron chi connectivity index (χ4n) is 6.64. The number of anilines is 5. The van der Waals surface area contributed by atoms with Gasteiger partial charge in [-0.2, -0.15) is 0 Å². The van der Waals surface area contributed by atoms with E-state index in [1.165, 1.54) is 0 Å². The predicted molar refractivity (Wildman–Crippen MR) is 239 cm³/mol. The van der Waals surface area contributed by atoms with Crippen LogP contribution in [0.25, 0.3) is 0 Å². The Hall–Kier alpha value is -7.55. The van der Waals surface area contributed by atoms with Crippen LogP contribution >= 0.6 is 0 Å².